The maximum Gasteiger partial charge on any atom is 0.115 e. The highest BCUT2D eigenvalue weighted by Gasteiger charge is 2.02. The average Bonchev–Trinajstić information content (AvgIpc) is 2.57. The summed E-state index contributed by atoms with van der Waals surface area (Å²) in [6.07, 6.45) is 4.85. The van der Waals surface area contributed by atoms with E-state index in [1.807, 2.05) is 6.20 Å². The van der Waals surface area contributed by atoms with E-state index < -0.39 is 0 Å². The van der Waals surface area contributed by atoms with Crippen LogP contribution in [0.3, 0.4) is 0 Å². The van der Waals surface area contributed by atoms with Crippen molar-refractivity contribution in [1.82, 2.24) is 9.38 Å². The van der Waals surface area contributed by atoms with E-state index in [0.29, 0.717) is 6.61 Å². The van der Waals surface area contributed by atoms with Crippen LogP contribution in [0.2, 0.25) is 0 Å². The Kier molecular flexibility index (Phi) is 2.50. The number of rotatable bonds is 3. The molecule has 0 radical (unpaired) electrons. The van der Waals surface area contributed by atoms with Crippen molar-refractivity contribution in [2.75, 3.05) is 13.7 Å². The lowest BCUT2D eigenvalue weighted by Crippen LogP contribution is -2.00. The molecule has 0 aromatic carbocycles. The van der Waals surface area contributed by atoms with Gasteiger partial charge < -0.3 is 9.14 Å². The highest BCUT2D eigenvalue weighted by Crippen LogP contribution is 2.09. The van der Waals surface area contributed by atoms with Crippen molar-refractivity contribution in [3.05, 3.63) is 35.9 Å². The molecule has 0 saturated carbocycles. The normalized spacial score (nSPS) is 11.0. The van der Waals surface area contributed by atoms with Gasteiger partial charge in [0.2, 0.25) is 0 Å². The molecule has 0 unspecified atom stereocenters. The summed E-state index contributed by atoms with van der Waals surface area (Å²) >= 11 is 0. The van der Waals surface area contributed by atoms with Crippen LogP contribution in [0.25, 0.3) is 5.52 Å². The molecule has 74 valence electrons. The van der Waals surface area contributed by atoms with Crippen molar-refractivity contribution in [2.45, 2.75) is 13.3 Å². The number of aryl methyl sites for hydroxylation is 1. The molecule has 0 atom stereocenters. The van der Waals surface area contributed by atoms with E-state index in [-0.39, 0.29) is 0 Å². The molecule has 0 aliphatic rings. The SMILES string of the molecule is COCCc1ncc2ccc(C)cn12. The number of aromatic nitrogens is 2. The van der Waals surface area contributed by atoms with E-state index in [4.69, 9.17) is 4.74 Å². The van der Waals surface area contributed by atoms with Gasteiger partial charge in [-0.2, -0.15) is 0 Å². The molecule has 2 aromatic rings. The molecule has 0 saturated heterocycles. The number of pyridine rings is 1. The zero-order chi connectivity index (χ0) is 9.97. The van der Waals surface area contributed by atoms with E-state index in [2.05, 4.69) is 34.6 Å². The lowest BCUT2D eigenvalue weighted by atomic mass is 10.3. The first kappa shape index (κ1) is 9.21. The summed E-state index contributed by atoms with van der Waals surface area (Å²) in [7, 11) is 1.71. The fraction of sp³-hybridized carbons (Fsp3) is 0.364. The maximum absolute atomic E-state index is 5.04. The van der Waals surface area contributed by atoms with E-state index >= 15 is 0 Å². The van der Waals surface area contributed by atoms with E-state index in [9.17, 15) is 0 Å². The fourth-order valence-electron chi connectivity index (χ4n) is 1.53. The number of fused-ring (bicyclic) bond motifs is 1. The first-order valence-corrected chi connectivity index (χ1v) is 4.73. The van der Waals surface area contributed by atoms with Crippen LogP contribution in [0.15, 0.2) is 24.5 Å². The van der Waals surface area contributed by atoms with Gasteiger partial charge >= 0.3 is 0 Å². The Bertz CT molecular complexity index is 434. The number of ether oxygens (including phenoxy) is 1. The van der Waals surface area contributed by atoms with Gasteiger partial charge in [0.05, 0.1) is 18.3 Å². The lowest BCUT2D eigenvalue weighted by molar-refractivity contribution is 0.200. The lowest BCUT2D eigenvalue weighted by Gasteiger charge is -2.01. The van der Waals surface area contributed by atoms with E-state index in [1.165, 1.54) is 5.56 Å². The molecule has 0 N–H and O–H groups in total. The van der Waals surface area contributed by atoms with Gasteiger partial charge in [-0.15, -0.1) is 0 Å². The predicted octanol–water partition coefficient (Wildman–Crippen LogP) is 1.83. The van der Waals surface area contributed by atoms with Gasteiger partial charge in [-0.25, -0.2) is 4.98 Å². The van der Waals surface area contributed by atoms with Gasteiger partial charge in [0.25, 0.3) is 0 Å². The molecule has 0 fully saturated rings. The standard InChI is InChI=1S/C11H14N2O/c1-9-3-4-10-7-12-11(5-6-14-2)13(10)8-9/h3-4,7-8H,5-6H2,1-2H3. The highest BCUT2D eigenvalue weighted by molar-refractivity contribution is 5.46. The van der Waals surface area contributed by atoms with Crippen LogP contribution >= 0.6 is 0 Å². The Morgan fingerprint density at radius 3 is 3.07 bits per heavy atom. The van der Waals surface area contributed by atoms with E-state index in [0.717, 1.165) is 17.8 Å². The third-order valence-electron chi connectivity index (χ3n) is 2.28. The second-order valence-corrected chi connectivity index (χ2v) is 3.42. The Hall–Kier alpha value is -1.35. The van der Waals surface area contributed by atoms with Crippen LogP contribution in [0.1, 0.15) is 11.4 Å². The molecule has 14 heavy (non-hydrogen) atoms. The van der Waals surface area contributed by atoms with Crippen molar-refractivity contribution in [1.29, 1.82) is 0 Å². The molecule has 0 aliphatic heterocycles. The second kappa shape index (κ2) is 3.80. The number of hydrogen-bond acceptors (Lipinski definition) is 2. The topological polar surface area (TPSA) is 26.5 Å². The van der Waals surface area contributed by atoms with Gasteiger partial charge in [-0.05, 0) is 18.6 Å². The first-order valence-electron chi connectivity index (χ1n) is 4.73. The van der Waals surface area contributed by atoms with Crippen molar-refractivity contribution >= 4 is 5.52 Å². The fourth-order valence-corrected chi connectivity index (χ4v) is 1.53. The summed E-state index contributed by atoms with van der Waals surface area (Å²) in [6.45, 7) is 2.80. The molecule has 0 spiro atoms. The second-order valence-electron chi connectivity index (χ2n) is 3.42. The summed E-state index contributed by atoms with van der Waals surface area (Å²) in [5, 5.41) is 0. The first-order chi connectivity index (χ1) is 6.81. The van der Waals surface area contributed by atoms with Crippen molar-refractivity contribution in [2.24, 2.45) is 0 Å². The van der Waals surface area contributed by atoms with Crippen LogP contribution in [-0.4, -0.2) is 23.1 Å². The Morgan fingerprint density at radius 1 is 1.43 bits per heavy atom. The van der Waals surface area contributed by atoms with Crippen LogP contribution < -0.4 is 0 Å². The van der Waals surface area contributed by atoms with Gasteiger partial charge in [0.15, 0.2) is 0 Å². The molecule has 3 heteroatoms. The minimum atomic E-state index is 0.715. The molecule has 3 nitrogen and oxygen atoms in total. The Labute approximate surface area is 83.3 Å². The monoisotopic (exact) mass is 190 g/mol. The number of nitrogens with zero attached hydrogens (tertiary/aromatic N) is 2. The Balaban J connectivity index is 2.40. The summed E-state index contributed by atoms with van der Waals surface area (Å²) < 4.78 is 7.16. The number of methoxy groups -OCH3 is 1. The minimum Gasteiger partial charge on any atom is -0.384 e. The number of hydrogen-bond donors (Lipinski definition) is 0. The summed E-state index contributed by atoms with van der Waals surface area (Å²) in [5.41, 5.74) is 2.39. The maximum atomic E-state index is 5.04. The zero-order valence-corrected chi connectivity index (χ0v) is 8.53. The predicted molar refractivity (Wildman–Crippen MR) is 55.5 cm³/mol. The molecule has 2 heterocycles. The van der Waals surface area contributed by atoms with Gasteiger partial charge in [0.1, 0.15) is 5.82 Å². The van der Waals surface area contributed by atoms with E-state index in [1.54, 1.807) is 7.11 Å². The van der Waals surface area contributed by atoms with Gasteiger partial charge in [-0.1, -0.05) is 6.07 Å². The molecular formula is C11H14N2O. The molecular weight excluding hydrogens is 176 g/mol. The average molecular weight is 190 g/mol. The third-order valence-corrected chi connectivity index (χ3v) is 2.28. The van der Waals surface area contributed by atoms with Crippen LogP contribution in [0.5, 0.6) is 0 Å². The van der Waals surface area contributed by atoms with Crippen LogP contribution in [0, 0.1) is 6.92 Å². The summed E-state index contributed by atoms with van der Waals surface area (Å²) in [6, 6.07) is 4.18. The molecule has 2 rings (SSSR count). The van der Waals surface area contributed by atoms with Crippen LogP contribution in [-0.2, 0) is 11.2 Å². The number of imidazole rings is 1. The molecule has 2 aromatic heterocycles. The Morgan fingerprint density at radius 2 is 2.29 bits per heavy atom. The summed E-state index contributed by atoms with van der Waals surface area (Å²) in [4.78, 5) is 4.36. The quantitative estimate of drug-likeness (QED) is 0.738. The third kappa shape index (κ3) is 1.63. The largest absolute Gasteiger partial charge is 0.384 e. The van der Waals surface area contributed by atoms with Gasteiger partial charge in [0, 0.05) is 19.7 Å². The minimum absolute atomic E-state index is 0.715. The van der Waals surface area contributed by atoms with Crippen molar-refractivity contribution < 1.29 is 4.74 Å². The smallest absolute Gasteiger partial charge is 0.115 e. The van der Waals surface area contributed by atoms with Gasteiger partial charge in [-0.3, -0.25) is 0 Å². The van der Waals surface area contributed by atoms with Crippen molar-refractivity contribution in [3.8, 4) is 0 Å². The van der Waals surface area contributed by atoms with Crippen LogP contribution in [0.4, 0.5) is 0 Å². The zero-order valence-electron chi connectivity index (χ0n) is 8.53. The highest BCUT2D eigenvalue weighted by atomic mass is 16.5. The molecule has 0 aliphatic carbocycles. The van der Waals surface area contributed by atoms with Crippen molar-refractivity contribution in [3.63, 3.8) is 0 Å². The molecule has 0 bridgehead atoms. The summed E-state index contributed by atoms with van der Waals surface area (Å²) in [5.74, 6) is 1.06. The molecule has 0 amide bonds.